The molecule has 7 nitrogen and oxygen atoms in total. The lowest BCUT2D eigenvalue weighted by Crippen LogP contribution is -2.18. The number of hydrogen-bond acceptors (Lipinski definition) is 6. The van der Waals surface area contributed by atoms with Gasteiger partial charge in [-0.1, -0.05) is 29.4 Å². The van der Waals surface area contributed by atoms with Crippen molar-refractivity contribution >= 4 is 35.0 Å². The van der Waals surface area contributed by atoms with E-state index in [2.05, 4.69) is 15.5 Å². The fourth-order valence-electron chi connectivity index (χ4n) is 3.40. The molecule has 3 aromatic rings. The minimum atomic E-state index is -0.134. The van der Waals surface area contributed by atoms with Gasteiger partial charge >= 0.3 is 0 Å². The summed E-state index contributed by atoms with van der Waals surface area (Å²) in [6.45, 7) is 1.42. The van der Waals surface area contributed by atoms with Gasteiger partial charge in [-0.15, -0.1) is 10.2 Å². The zero-order chi connectivity index (χ0) is 21.6. The highest BCUT2D eigenvalue weighted by Gasteiger charge is 2.22. The van der Waals surface area contributed by atoms with Crippen molar-refractivity contribution in [3.05, 3.63) is 53.6 Å². The molecular weight excluding hydrogens is 436 g/mol. The van der Waals surface area contributed by atoms with Gasteiger partial charge in [0.2, 0.25) is 5.91 Å². The van der Waals surface area contributed by atoms with E-state index in [1.165, 1.54) is 11.8 Å². The number of halogens is 1. The summed E-state index contributed by atoms with van der Waals surface area (Å²) in [7, 11) is 1.64. The molecule has 2 heterocycles. The number of aromatic nitrogens is 3. The van der Waals surface area contributed by atoms with Crippen LogP contribution in [0.5, 0.6) is 5.75 Å². The Kier molecular flexibility index (Phi) is 7.11. The van der Waals surface area contributed by atoms with Crippen molar-refractivity contribution in [3.8, 4) is 17.1 Å². The molecule has 1 aliphatic heterocycles. The van der Waals surface area contributed by atoms with E-state index >= 15 is 0 Å². The SMILES string of the molecule is COc1ccc(-c2nnc(SCC(=O)Nc3cccc(Cl)c3)n2CC2CCCO2)cc1. The third kappa shape index (κ3) is 5.58. The molecule has 1 saturated heterocycles. The number of hydrogen-bond donors (Lipinski definition) is 1. The lowest BCUT2D eigenvalue weighted by molar-refractivity contribution is -0.113. The van der Waals surface area contributed by atoms with Crippen LogP contribution >= 0.6 is 23.4 Å². The molecule has 1 aromatic heterocycles. The summed E-state index contributed by atoms with van der Waals surface area (Å²) in [5.74, 6) is 1.60. The summed E-state index contributed by atoms with van der Waals surface area (Å²) in [5.41, 5.74) is 1.60. The van der Waals surface area contributed by atoms with Gasteiger partial charge in [-0.3, -0.25) is 9.36 Å². The van der Waals surface area contributed by atoms with Crippen LogP contribution in [-0.4, -0.2) is 46.2 Å². The number of methoxy groups -OCH3 is 1. The zero-order valence-corrected chi connectivity index (χ0v) is 18.7. The number of carbonyl (C=O) groups excluding carboxylic acids is 1. The molecule has 1 amide bonds. The number of rotatable bonds is 8. The Balaban J connectivity index is 1.50. The Hall–Kier alpha value is -2.55. The Morgan fingerprint density at radius 2 is 2.13 bits per heavy atom. The molecule has 4 rings (SSSR count). The molecule has 2 aromatic carbocycles. The first-order valence-electron chi connectivity index (χ1n) is 10.00. The van der Waals surface area contributed by atoms with Crippen molar-refractivity contribution < 1.29 is 14.3 Å². The molecule has 0 saturated carbocycles. The molecule has 9 heteroatoms. The number of thioether (sulfide) groups is 1. The molecule has 1 unspecified atom stereocenters. The molecule has 1 atom stereocenters. The highest BCUT2D eigenvalue weighted by molar-refractivity contribution is 7.99. The summed E-state index contributed by atoms with van der Waals surface area (Å²) < 4.78 is 13.1. The fourth-order valence-corrected chi connectivity index (χ4v) is 4.34. The lowest BCUT2D eigenvalue weighted by Gasteiger charge is -2.15. The van der Waals surface area contributed by atoms with Gasteiger partial charge in [0.15, 0.2) is 11.0 Å². The van der Waals surface area contributed by atoms with Gasteiger partial charge in [0.1, 0.15) is 5.75 Å². The van der Waals surface area contributed by atoms with Crippen LogP contribution in [0.4, 0.5) is 5.69 Å². The van der Waals surface area contributed by atoms with Crippen molar-refractivity contribution in [3.63, 3.8) is 0 Å². The Labute approximate surface area is 190 Å². The predicted molar refractivity (Wildman–Crippen MR) is 122 cm³/mol. The summed E-state index contributed by atoms with van der Waals surface area (Å²) >= 11 is 7.33. The molecule has 0 aliphatic carbocycles. The van der Waals surface area contributed by atoms with Gasteiger partial charge in [-0.25, -0.2) is 0 Å². The van der Waals surface area contributed by atoms with Crippen LogP contribution in [0, 0.1) is 0 Å². The van der Waals surface area contributed by atoms with Crippen LogP contribution < -0.4 is 10.1 Å². The van der Waals surface area contributed by atoms with Gasteiger partial charge in [0.05, 0.1) is 25.5 Å². The van der Waals surface area contributed by atoms with Crippen molar-refractivity contribution in [1.29, 1.82) is 0 Å². The van der Waals surface area contributed by atoms with E-state index in [1.807, 2.05) is 28.8 Å². The minimum Gasteiger partial charge on any atom is -0.497 e. The average Bonchev–Trinajstić information content (AvgIpc) is 3.43. The van der Waals surface area contributed by atoms with Gasteiger partial charge in [0.25, 0.3) is 0 Å². The second kappa shape index (κ2) is 10.2. The van der Waals surface area contributed by atoms with E-state index in [0.29, 0.717) is 22.4 Å². The van der Waals surface area contributed by atoms with Crippen LogP contribution in [-0.2, 0) is 16.1 Å². The molecule has 1 fully saturated rings. The van der Waals surface area contributed by atoms with E-state index in [9.17, 15) is 4.79 Å². The summed E-state index contributed by atoms with van der Waals surface area (Å²) in [6, 6.07) is 14.8. The number of benzene rings is 2. The van der Waals surface area contributed by atoms with Gasteiger partial charge in [-0.05, 0) is 55.3 Å². The number of anilines is 1. The number of nitrogens with one attached hydrogen (secondary N) is 1. The predicted octanol–water partition coefficient (Wildman–Crippen LogP) is 4.52. The molecule has 1 aliphatic rings. The molecule has 31 heavy (non-hydrogen) atoms. The maximum absolute atomic E-state index is 12.4. The van der Waals surface area contributed by atoms with Crippen molar-refractivity contribution in [2.45, 2.75) is 30.6 Å². The first-order valence-corrected chi connectivity index (χ1v) is 11.4. The van der Waals surface area contributed by atoms with Crippen LogP contribution in [0.1, 0.15) is 12.8 Å². The van der Waals surface area contributed by atoms with E-state index < -0.39 is 0 Å². The largest absolute Gasteiger partial charge is 0.497 e. The van der Waals surface area contributed by atoms with Crippen LogP contribution in [0.2, 0.25) is 5.02 Å². The summed E-state index contributed by atoms with van der Waals surface area (Å²) in [4.78, 5) is 12.4. The third-order valence-corrected chi connectivity index (χ3v) is 6.12. The van der Waals surface area contributed by atoms with Crippen LogP contribution in [0.15, 0.2) is 53.7 Å². The average molecular weight is 459 g/mol. The Morgan fingerprint density at radius 3 is 2.84 bits per heavy atom. The molecular formula is C22H23ClN4O3S. The standard InChI is InChI=1S/C22H23ClN4O3S/c1-29-18-9-7-15(8-10-18)21-25-26-22(27(21)13-19-6-3-11-30-19)31-14-20(28)24-17-5-2-4-16(23)12-17/h2,4-5,7-10,12,19H,3,6,11,13-14H2,1H3,(H,24,28). The fraction of sp³-hybridized carbons (Fsp3) is 0.318. The molecule has 0 bridgehead atoms. The van der Waals surface area contributed by atoms with Crippen molar-refractivity contribution in [1.82, 2.24) is 14.8 Å². The summed E-state index contributed by atoms with van der Waals surface area (Å²) in [6.07, 6.45) is 2.17. The quantitative estimate of drug-likeness (QED) is 0.500. The number of ether oxygens (including phenoxy) is 2. The van der Waals surface area contributed by atoms with Gasteiger partial charge in [-0.2, -0.15) is 0 Å². The molecule has 1 N–H and O–H groups in total. The first-order chi connectivity index (χ1) is 15.1. The van der Waals surface area contributed by atoms with Crippen LogP contribution in [0.25, 0.3) is 11.4 Å². The van der Waals surface area contributed by atoms with Crippen LogP contribution in [0.3, 0.4) is 0 Å². The summed E-state index contributed by atoms with van der Waals surface area (Å²) in [5, 5.41) is 12.9. The topological polar surface area (TPSA) is 78.3 Å². The maximum Gasteiger partial charge on any atom is 0.234 e. The normalized spacial score (nSPS) is 15.7. The van der Waals surface area contributed by atoms with Crippen molar-refractivity contribution in [2.75, 3.05) is 24.8 Å². The number of nitrogens with zero attached hydrogens (tertiary/aromatic N) is 3. The zero-order valence-electron chi connectivity index (χ0n) is 17.1. The smallest absolute Gasteiger partial charge is 0.234 e. The number of carbonyl (C=O) groups is 1. The van der Waals surface area contributed by atoms with E-state index in [0.717, 1.165) is 36.6 Å². The monoisotopic (exact) mass is 458 g/mol. The molecule has 0 radical (unpaired) electrons. The highest BCUT2D eigenvalue weighted by Crippen LogP contribution is 2.28. The van der Waals surface area contributed by atoms with Crippen molar-refractivity contribution in [2.24, 2.45) is 0 Å². The molecule has 162 valence electrons. The van der Waals surface area contributed by atoms with E-state index in [4.69, 9.17) is 21.1 Å². The van der Waals surface area contributed by atoms with Gasteiger partial charge < -0.3 is 14.8 Å². The molecule has 0 spiro atoms. The second-order valence-corrected chi connectivity index (χ2v) is 8.51. The second-order valence-electron chi connectivity index (χ2n) is 7.13. The minimum absolute atomic E-state index is 0.118. The Bertz CT molecular complexity index is 1040. The lowest BCUT2D eigenvalue weighted by atomic mass is 10.2. The number of amides is 1. The maximum atomic E-state index is 12.4. The third-order valence-electron chi connectivity index (χ3n) is 4.92. The van der Waals surface area contributed by atoms with Gasteiger partial charge in [0, 0.05) is 22.9 Å². The van der Waals surface area contributed by atoms with E-state index in [-0.39, 0.29) is 17.8 Å². The Morgan fingerprint density at radius 1 is 1.29 bits per heavy atom. The first kappa shape index (κ1) is 21.7. The van der Waals surface area contributed by atoms with E-state index in [1.54, 1.807) is 31.4 Å². The highest BCUT2D eigenvalue weighted by atomic mass is 35.5.